The van der Waals surface area contributed by atoms with Crippen molar-refractivity contribution < 1.29 is 9.63 Å². The van der Waals surface area contributed by atoms with E-state index in [0.717, 1.165) is 12.8 Å². The number of carbonyl (C=O) groups is 1. The molecule has 1 amide bonds. The highest BCUT2D eigenvalue weighted by Crippen LogP contribution is 2.07. The molecule has 0 heterocycles. The highest BCUT2D eigenvalue weighted by Gasteiger charge is 2.15. The number of carbonyl (C=O) groups excluding carboxylic acids is 1. The lowest BCUT2D eigenvalue weighted by Crippen LogP contribution is -2.40. The second-order valence-electron chi connectivity index (χ2n) is 3.26. The van der Waals surface area contributed by atoms with Gasteiger partial charge in [0, 0.05) is 5.92 Å². The predicted molar refractivity (Wildman–Crippen MR) is 51.8 cm³/mol. The van der Waals surface area contributed by atoms with E-state index >= 15 is 0 Å². The Morgan fingerprint density at radius 3 is 2.38 bits per heavy atom. The van der Waals surface area contributed by atoms with E-state index < -0.39 is 0 Å². The monoisotopic (exact) mass is 188 g/mol. The van der Waals surface area contributed by atoms with Gasteiger partial charge >= 0.3 is 0 Å². The summed E-state index contributed by atoms with van der Waals surface area (Å²) in [6, 6.07) is -0.0156. The normalized spacial score (nSPS) is 13.0. The van der Waals surface area contributed by atoms with Gasteiger partial charge in [0.05, 0.1) is 12.6 Å². The molecule has 0 aliphatic heterocycles. The van der Waals surface area contributed by atoms with Crippen LogP contribution < -0.4 is 11.2 Å². The van der Waals surface area contributed by atoms with Gasteiger partial charge in [-0.1, -0.05) is 13.8 Å². The van der Waals surface area contributed by atoms with E-state index in [-0.39, 0.29) is 17.9 Å². The number of rotatable bonds is 6. The second kappa shape index (κ2) is 6.86. The zero-order chi connectivity index (χ0) is 10.3. The Morgan fingerprint density at radius 1 is 1.46 bits per heavy atom. The first-order valence-corrected chi connectivity index (χ1v) is 4.77. The van der Waals surface area contributed by atoms with Crippen LogP contribution in [0.4, 0.5) is 0 Å². The van der Waals surface area contributed by atoms with Gasteiger partial charge < -0.3 is 10.2 Å². The highest BCUT2D eigenvalue weighted by molar-refractivity contribution is 5.78. The lowest BCUT2D eigenvalue weighted by Gasteiger charge is -2.17. The van der Waals surface area contributed by atoms with E-state index in [4.69, 9.17) is 5.90 Å². The van der Waals surface area contributed by atoms with Crippen molar-refractivity contribution in [2.24, 2.45) is 11.8 Å². The van der Waals surface area contributed by atoms with Crippen molar-refractivity contribution >= 4 is 5.91 Å². The van der Waals surface area contributed by atoms with Crippen molar-refractivity contribution in [3.8, 4) is 0 Å². The third-order valence-corrected chi connectivity index (χ3v) is 2.09. The molecular formula is C9H20N2O2. The minimum Gasteiger partial charge on any atom is -0.351 e. The Bertz CT molecular complexity index is 147. The summed E-state index contributed by atoms with van der Waals surface area (Å²) in [5, 5.41) is 2.84. The Labute approximate surface area is 79.8 Å². The molecule has 0 bridgehead atoms. The average molecular weight is 188 g/mol. The van der Waals surface area contributed by atoms with Crippen LogP contribution in [0.1, 0.15) is 33.6 Å². The molecule has 1 unspecified atom stereocenters. The SMILES string of the molecule is CCC(CC)C(=O)NC(C)CON. The lowest BCUT2D eigenvalue weighted by atomic mass is 10.0. The third-order valence-electron chi connectivity index (χ3n) is 2.09. The summed E-state index contributed by atoms with van der Waals surface area (Å²) >= 11 is 0. The topological polar surface area (TPSA) is 64.3 Å². The fraction of sp³-hybridized carbons (Fsp3) is 0.889. The van der Waals surface area contributed by atoms with Gasteiger partial charge in [-0.25, -0.2) is 5.90 Å². The molecule has 0 aromatic heterocycles. The second-order valence-corrected chi connectivity index (χ2v) is 3.26. The maximum Gasteiger partial charge on any atom is 0.223 e. The first-order valence-electron chi connectivity index (χ1n) is 4.77. The standard InChI is InChI=1S/C9H20N2O2/c1-4-8(5-2)9(12)11-7(3)6-13-10/h7-8H,4-6,10H2,1-3H3,(H,11,12). The Morgan fingerprint density at radius 2 is 2.00 bits per heavy atom. The van der Waals surface area contributed by atoms with Crippen molar-refractivity contribution in [3.05, 3.63) is 0 Å². The molecule has 0 aromatic carbocycles. The number of hydrogen-bond acceptors (Lipinski definition) is 3. The quantitative estimate of drug-likeness (QED) is 0.606. The molecule has 4 heteroatoms. The molecule has 0 saturated heterocycles. The van der Waals surface area contributed by atoms with Crippen molar-refractivity contribution in [1.29, 1.82) is 0 Å². The Kier molecular flexibility index (Phi) is 6.54. The van der Waals surface area contributed by atoms with Crippen LogP contribution in [0.15, 0.2) is 0 Å². The molecule has 0 aliphatic carbocycles. The molecule has 13 heavy (non-hydrogen) atoms. The van der Waals surface area contributed by atoms with Crippen molar-refractivity contribution in [1.82, 2.24) is 5.32 Å². The van der Waals surface area contributed by atoms with Crippen LogP contribution in [0.2, 0.25) is 0 Å². The van der Waals surface area contributed by atoms with Crippen molar-refractivity contribution in [3.63, 3.8) is 0 Å². The maximum absolute atomic E-state index is 11.5. The largest absolute Gasteiger partial charge is 0.351 e. The Hall–Kier alpha value is -0.610. The summed E-state index contributed by atoms with van der Waals surface area (Å²) in [5.74, 6) is 5.10. The molecule has 1 atom stereocenters. The van der Waals surface area contributed by atoms with Crippen LogP contribution in [0.5, 0.6) is 0 Å². The zero-order valence-corrected chi connectivity index (χ0v) is 8.67. The lowest BCUT2D eigenvalue weighted by molar-refractivity contribution is -0.126. The van der Waals surface area contributed by atoms with Gasteiger partial charge in [-0.2, -0.15) is 0 Å². The van der Waals surface area contributed by atoms with Crippen LogP contribution in [-0.2, 0) is 9.63 Å². The predicted octanol–water partition coefficient (Wildman–Crippen LogP) is 0.818. The molecule has 0 rings (SSSR count). The smallest absolute Gasteiger partial charge is 0.223 e. The molecular weight excluding hydrogens is 168 g/mol. The van der Waals surface area contributed by atoms with E-state index in [1.54, 1.807) is 0 Å². The molecule has 3 N–H and O–H groups in total. The summed E-state index contributed by atoms with van der Waals surface area (Å²) in [4.78, 5) is 15.9. The fourth-order valence-electron chi connectivity index (χ4n) is 1.21. The van der Waals surface area contributed by atoms with Crippen LogP contribution in [0, 0.1) is 5.92 Å². The summed E-state index contributed by atoms with van der Waals surface area (Å²) in [7, 11) is 0. The fourth-order valence-corrected chi connectivity index (χ4v) is 1.21. The van der Waals surface area contributed by atoms with Gasteiger partial charge in [-0.3, -0.25) is 4.79 Å². The Balaban J connectivity index is 3.83. The summed E-state index contributed by atoms with van der Waals surface area (Å²) in [6.07, 6.45) is 1.75. The van der Waals surface area contributed by atoms with E-state index in [9.17, 15) is 4.79 Å². The van der Waals surface area contributed by atoms with Crippen LogP contribution >= 0.6 is 0 Å². The third kappa shape index (κ3) is 4.85. The number of nitrogens with two attached hydrogens (primary N) is 1. The van der Waals surface area contributed by atoms with E-state index in [2.05, 4.69) is 10.2 Å². The summed E-state index contributed by atoms with van der Waals surface area (Å²) in [5.41, 5.74) is 0. The number of hydrogen-bond donors (Lipinski definition) is 2. The maximum atomic E-state index is 11.5. The minimum atomic E-state index is -0.0156. The number of amides is 1. The summed E-state index contributed by atoms with van der Waals surface area (Å²) < 4.78 is 0. The van der Waals surface area contributed by atoms with Crippen molar-refractivity contribution in [2.45, 2.75) is 39.7 Å². The van der Waals surface area contributed by atoms with Gasteiger partial charge in [-0.15, -0.1) is 0 Å². The highest BCUT2D eigenvalue weighted by atomic mass is 16.6. The molecule has 0 saturated carbocycles. The molecule has 78 valence electrons. The van der Waals surface area contributed by atoms with Crippen LogP contribution in [0.3, 0.4) is 0 Å². The minimum absolute atomic E-state index is 0.0156. The molecule has 0 aliphatic rings. The molecule has 0 spiro atoms. The van der Waals surface area contributed by atoms with E-state index in [0.29, 0.717) is 6.61 Å². The molecule has 0 fully saturated rings. The average Bonchev–Trinajstić information content (AvgIpc) is 2.06. The van der Waals surface area contributed by atoms with E-state index in [1.807, 2.05) is 20.8 Å². The first kappa shape index (κ1) is 12.4. The van der Waals surface area contributed by atoms with Gasteiger partial charge in [0.2, 0.25) is 5.91 Å². The zero-order valence-electron chi connectivity index (χ0n) is 8.67. The van der Waals surface area contributed by atoms with E-state index in [1.165, 1.54) is 0 Å². The van der Waals surface area contributed by atoms with Crippen LogP contribution in [-0.4, -0.2) is 18.6 Å². The molecule has 4 nitrogen and oxygen atoms in total. The van der Waals surface area contributed by atoms with Gasteiger partial charge in [0.15, 0.2) is 0 Å². The van der Waals surface area contributed by atoms with Crippen LogP contribution in [0.25, 0.3) is 0 Å². The van der Waals surface area contributed by atoms with Gasteiger partial charge in [0.25, 0.3) is 0 Å². The first-order chi connectivity index (χ1) is 6.15. The molecule has 0 radical (unpaired) electrons. The van der Waals surface area contributed by atoms with Gasteiger partial charge in [0.1, 0.15) is 0 Å². The summed E-state index contributed by atoms with van der Waals surface area (Å²) in [6.45, 7) is 6.24. The molecule has 0 aromatic rings. The van der Waals surface area contributed by atoms with Gasteiger partial charge in [-0.05, 0) is 19.8 Å². The van der Waals surface area contributed by atoms with Crippen molar-refractivity contribution in [2.75, 3.05) is 6.61 Å². The number of nitrogens with one attached hydrogen (secondary N) is 1.